The lowest BCUT2D eigenvalue weighted by molar-refractivity contribution is -0.118. The van der Waals surface area contributed by atoms with Crippen molar-refractivity contribution in [2.45, 2.75) is 6.54 Å². The summed E-state index contributed by atoms with van der Waals surface area (Å²) in [6.45, 7) is 1.11. The molecular formula is C9H8N4O. The summed E-state index contributed by atoms with van der Waals surface area (Å²) in [7, 11) is 0. The van der Waals surface area contributed by atoms with Gasteiger partial charge < -0.3 is 4.90 Å². The molecular weight excluding hydrogens is 180 g/mol. The van der Waals surface area contributed by atoms with Gasteiger partial charge in [0.2, 0.25) is 11.9 Å². The van der Waals surface area contributed by atoms with Crippen LogP contribution in [0.1, 0.15) is 5.56 Å². The van der Waals surface area contributed by atoms with Gasteiger partial charge in [-0.05, 0) is 6.07 Å². The topological polar surface area (TPSA) is 57.6 Å². The number of rotatable bonds is 0. The quantitative estimate of drug-likeness (QED) is 0.624. The number of hydrogen-bond donors (Lipinski definition) is 1. The minimum absolute atomic E-state index is 0.00418. The Balaban J connectivity index is 2.07. The monoisotopic (exact) mass is 188 g/mol. The lowest BCUT2D eigenvalue weighted by Crippen LogP contribution is -2.32. The molecule has 1 aromatic rings. The third-order valence-electron chi connectivity index (χ3n) is 2.35. The number of carbonyl (C=O) groups is 1. The van der Waals surface area contributed by atoms with Crippen LogP contribution in [-0.2, 0) is 11.3 Å². The van der Waals surface area contributed by atoms with Crippen molar-refractivity contribution in [2.24, 2.45) is 4.99 Å². The summed E-state index contributed by atoms with van der Waals surface area (Å²) < 4.78 is 0. The summed E-state index contributed by atoms with van der Waals surface area (Å²) in [6, 6.07) is 1.85. The third kappa shape index (κ3) is 0.985. The van der Waals surface area contributed by atoms with Crippen molar-refractivity contribution in [3.63, 3.8) is 0 Å². The van der Waals surface area contributed by atoms with E-state index in [2.05, 4.69) is 15.3 Å². The minimum Gasteiger partial charge on any atom is -0.329 e. The van der Waals surface area contributed by atoms with Gasteiger partial charge in [0.05, 0.1) is 12.2 Å². The van der Waals surface area contributed by atoms with E-state index in [4.69, 9.17) is 0 Å². The SMILES string of the molecule is O=C1CN2Cc3cnccc3N=C2N1. The van der Waals surface area contributed by atoms with Crippen LogP contribution in [0.25, 0.3) is 0 Å². The molecule has 1 saturated heterocycles. The molecule has 0 spiro atoms. The van der Waals surface area contributed by atoms with E-state index in [1.165, 1.54) is 0 Å². The number of pyridine rings is 1. The summed E-state index contributed by atoms with van der Waals surface area (Å²) in [5, 5.41) is 2.71. The lowest BCUT2D eigenvalue weighted by atomic mass is 10.2. The van der Waals surface area contributed by atoms with Crippen LogP contribution in [0.2, 0.25) is 0 Å². The average molecular weight is 188 g/mol. The third-order valence-corrected chi connectivity index (χ3v) is 2.35. The highest BCUT2D eigenvalue weighted by Gasteiger charge is 2.28. The molecule has 1 N–H and O–H groups in total. The average Bonchev–Trinajstić information content (AvgIpc) is 2.53. The zero-order valence-corrected chi connectivity index (χ0v) is 7.40. The van der Waals surface area contributed by atoms with Crippen molar-refractivity contribution in [2.75, 3.05) is 6.54 Å². The summed E-state index contributed by atoms with van der Waals surface area (Å²) in [6.07, 6.45) is 3.49. The first kappa shape index (κ1) is 7.49. The molecule has 0 saturated carbocycles. The smallest absolute Gasteiger partial charge is 0.246 e. The first-order chi connectivity index (χ1) is 6.83. The zero-order chi connectivity index (χ0) is 9.54. The Labute approximate surface area is 80.5 Å². The van der Waals surface area contributed by atoms with Crippen molar-refractivity contribution in [1.82, 2.24) is 15.2 Å². The molecule has 70 valence electrons. The second-order valence-electron chi connectivity index (χ2n) is 3.34. The van der Waals surface area contributed by atoms with Gasteiger partial charge in [-0.1, -0.05) is 0 Å². The summed E-state index contributed by atoms with van der Waals surface area (Å²) in [5.41, 5.74) is 1.96. The van der Waals surface area contributed by atoms with Crippen molar-refractivity contribution >= 4 is 17.6 Å². The fourth-order valence-electron chi connectivity index (χ4n) is 1.69. The fourth-order valence-corrected chi connectivity index (χ4v) is 1.69. The number of aromatic nitrogens is 1. The van der Waals surface area contributed by atoms with Crippen LogP contribution in [0.4, 0.5) is 5.69 Å². The number of amides is 1. The Morgan fingerprint density at radius 2 is 2.36 bits per heavy atom. The van der Waals surface area contributed by atoms with E-state index in [1.54, 1.807) is 12.4 Å². The molecule has 0 atom stereocenters. The molecule has 0 unspecified atom stereocenters. The van der Waals surface area contributed by atoms with E-state index in [0.29, 0.717) is 19.0 Å². The van der Waals surface area contributed by atoms with Gasteiger partial charge in [-0.25, -0.2) is 4.99 Å². The van der Waals surface area contributed by atoms with Crippen molar-refractivity contribution < 1.29 is 4.79 Å². The molecule has 5 nitrogen and oxygen atoms in total. The Kier molecular flexibility index (Phi) is 1.36. The van der Waals surface area contributed by atoms with E-state index in [9.17, 15) is 4.79 Å². The molecule has 1 aromatic heterocycles. The Bertz CT molecular complexity index is 440. The molecule has 1 fully saturated rings. The van der Waals surface area contributed by atoms with Gasteiger partial charge in [0.25, 0.3) is 0 Å². The highest BCUT2D eigenvalue weighted by molar-refractivity contribution is 6.05. The first-order valence-corrected chi connectivity index (χ1v) is 4.39. The van der Waals surface area contributed by atoms with Crippen LogP contribution in [0.15, 0.2) is 23.5 Å². The normalized spacial score (nSPS) is 18.4. The van der Waals surface area contributed by atoms with Crippen LogP contribution in [0, 0.1) is 0 Å². The van der Waals surface area contributed by atoms with Gasteiger partial charge in [-0.15, -0.1) is 0 Å². The van der Waals surface area contributed by atoms with Gasteiger partial charge in [0.15, 0.2) is 0 Å². The predicted octanol–water partition coefficient (Wildman–Crippen LogP) is 0.0145. The largest absolute Gasteiger partial charge is 0.329 e. The summed E-state index contributed by atoms with van der Waals surface area (Å²) >= 11 is 0. The van der Waals surface area contributed by atoms with Crippen molar-refractivity contribution in [1.29, 1.82) is 0 Å². The van der Waals surface area contributed by atoms with Crippen LogP contribution in [0.5, 0.6) is 0 Å². The van der Waals surface area contributed by atoms with Gasteiger partial charge in [-0.2, -0.15) is 0 Å². The highest BCUT2D eigenvalue weighted by Crippen LogP contribution is 2.25. The first-order valence-electron chi connectivity index (χ1n) is 4.39. The number of hydrogen-bond acceptors (Lipinski definition) is 4. The van der Waals surface area contributed by atoms with Crippen molar-refractivity contribution in [3.05, 3.63) is 24.0 Å². The van der Waals surface area contributed by atoms with E-state index >= 15 is 0 Å². The van der Waals surface area contributed by atoms with E-state index in [0.717, 1.165) is 11.3 Å². The minimum atomic E-state index is 0.00418. The number of fused-ring (bicyclic) bond motifs is 2. The number of aliphatic imine (C=N–C) groups is 1. The number of nitrogens with zero attached hydrogens (tertiary/aromatic N) is 3. The molecule has 0 aliphatic carbocycles. The van der Waals surface area contributed by atoms with Crippen molar-refractivity contribution in [3.8, 4) is 0 Å². The Morgan fingerprint density at radius 1 is 1.43 bits per heavy atom. The van der Waals surface area contributed by atoms with Gasteiger partial charge in [0, 0.05) is 18.0 Å². The molecule has 14 heavy (non-hydrogen) atoms. The van der Waals surface area contributed by atoms with Crippen LogP contribution >= 0.6 is 0 Å². The van der Waals surface area contributed by atoms with Gasteiger partial charge in [0.1, 0.15) is 6.54 Å². The second kappa shape index (κ2) is 2.54. The standard InChI is InChI=1S/C9H8N4O/c14-8-5-13-4-6-3-10-2-1-7(6)11-9(13)12-8/h1-3H,4-5H2,(H,11,12,14). The maximum Gasteiger partial charge on any atom is 0.246 e. The molecule has 2 aliphatic rings. The highest BCUT2D eigenvalue weighted by atomic mass is 16.2. The molecule has 0 radical (unpaired) electrons. The van der Waals surface area contributed by atoms with Crippen LogP contribution < -0.4 is 5.32 Å². The summed E-state index contributed by atoms with van der Waals surface area (Å²) in [5.74, 6) is 0.665. The molecule has 3 rings (SSSR count). The molecule has 3 heterocycles. The maximum atomic E-state index is 11.1. The number of nitrogens with one attached hydrogen (secondary N) is 1. The number of carbonyl (C=O) groups excluding carboxylic acids is 1. The molecule has 0 bridgehead atoms. The second-order valence-corrected chi connectivity index (χ2v) is 3.34. The van der Waals surface area contributed by atoms with Gasteiger partial charge in [-0.3, -0.25) is 15.1 Å². The molecule has 0 aromatic carbocycles. The van der Waals surface area contributed by atoms with E-state index in [1.807, 2.05) is 11.0 Å². The maximum absolute atomic E-state index is 11.1. The van der Waals surface area contributed by atoms with E-state index < -0.39 is 0 Å². The predicted molar refractivity (Wildman–Crippen MR) is 49.9 cm³/mol. The number of guanidine groups is 1. The molecule has 2 aliphatic heterocycles. The Morgan fingerprint density at radius 3 is 3.29 bits per heavy atom. The van der Waals surface area contributed by atoms with Gasteiger partial charge >= 0.3 is 0 Å². The summed E-state index contributed by atoms with van der Waals surface area (Å²) in [4.78, 5) is 21.4. The van der Waals surface area contributed by atoms with Crippen LogP contribution in [0.3, 0.4) is 0 Å². The molecule has 5 heteroatoms. The molecule has 1 amide bonds. The fraction of sp³-hybridized carbons (Fsp3) is 0.222. The van der Waals surface area contributed by atoms with E-state index in [-0.39, 0.29) is 5.91 Å². The zero-order valence-electron chi connectivity index (χ0n) is 7.40. The lowest BCUT2D eigenvalue weighted by Gasteiger charge is -2.21. The Hall–Kier alpha value is -1.91. The van der Waals surface area contributed by atoms with Crippen LogP contribution in [-0.4, -0.2) is 28.3 Å².